The van der Waals surface area contributed by atoms with Crippen molar-refractivity contribution in [2.45, 2.75) is 431 Å². The Bertz CT molecular complexity index is 1040. The van der Waals surface area contributed by atoms with Gasteiger partial charge >= 0.3 is 0 Å². The van der Waals surface area contributed by atoms with Crippen LogP contribution in [0, 0.1) is 0 Å². The van der Waals surface area contributed by atoms with Gasteiger partial charge in [-0.25, -0.2) is 0 Å². The number of hydrogen-bond acceptors (Lipinski definition) is 3. The fraction of sp³-hybridized carbons (Fsp3) is 0.971. The standard InChI is InChI=1S/C70H139NO3/c1-3-5-7-9-11-13-15-17-19-32-36-39-43-47-51-55-59-63-68(72)64-60-56-52-48-44-40-37-33-30-28-26-24-22-21-23-25-27-29-31-34-38-42-46-50-54-58-62-66-70(74)71-67-69(73)65-61-57-53-49-45-41-35-20-18-16-14-12-10-8-6-4-2/h69,73H,3-67H2,1-2H3,(H,71,74)/t69-/m0/s1. The van der Waals surface area contributed by atoms with Crippen molar-refractivity contribution in [1.82, 2.24) is 5.32 Å². The summed E-state index contributed by atoms with van der Waals surface area (Å²) < 4.78 is 0. The van der Waals surface area contributed by atoms with E-state index < -0.39 is 6.10 Å². The zero-order chi connectivity index (χ0) is 53.4. The van der Waals surface area contributed by atoms with Gasteiger partial charge in [0, 0.05) is 25.8 Å². The summed E-state index contributed by atoms with van der Waals surface area (Å²) in [4.78, 5) is 24.6. The molecular formula is C70H139NO3. The number of unbranched alkanes of at least 4 members (excludes halogenated alkanes) is 57. The molecule has 1 amide bonds. The molecule has 0 aliphatic heterocycles. The third kappa shape index (κ3) is 65.4. The van der Waals surface area contributed by atoms with Crippen LogP contribution in [0.1, 0.15) is 425 Å². The van der Waals surface area contributed by atoms with Gasteiger partial charge in [0.05, 0.1) is 6.10 Å². The molecule has 0 aliphatic rings. The van der Waals surface area contributed by atoms with E-state index in [1.54, 1.807) is 0 Å². The van der Waals surface area contributed by atoms with Gasteiger partial charge in [-0.3, -0.25) is 9.59 Å². The van der Waals surface area contributed by atoms with E-state index in [2.05, 4.69) is 19.2 Å². The van der Waals surface area contributed by atoms with Gasteiger partial charge in [0.1, 0.15) is 5.78 Å². The zero-order valence-corrected chi connectivity index (χ0v) is 51.3. The van der Waals surface area contributed by atoms with Crippen LogP contribution in [-0.2, 0) is 9.59 Å². The number of hydrogen-bond donors (Lipinski definition) is 2. The molecule has 0 spiro atoms. The summed E-state index contributed by atoms with van der Waals surface area (Å²) in [6, 6.07) is 0. The van der Waals surface area contributed by atoms with Gasteiger partial charge in [-0.05, 0) is 25.7 Å². The summed E-state index contributed by atoms with van der Waals surface area (Å²) in [5.41, 5.74) is 0. The Kier molecular flexibility index (Phi) is 65.6. The minimum Gasteiger partial charge on any atom is -0.391 e. The maximum absolute atomic E-state index is 12.3. The van der Waals surface area contributed by atoms with Crippen molar-refractivity contribution in [3.8, 4) is 0 Å². The van der Waals surface area contributed by atoms with E-state index in [0.717, 1.165) is 51.4 Å². The van der Waals surface area contributed by atoms with Crippen molar-refractivity contribution in [3.63, 3.8) is 0 Å². The lowest BCUT2D eigenvalue weighted by Gasteiger charge is -2.12. The van der Waals surface area contributed by atoms with Gasteiger partial charge in [0.25, 0.3) is 0 Å². The van der Waals surface area contributed by atoms with Gasteiger partial charge in [-0.1, -0.05) is 380 Å². The third-order valence-corrected chi connectivity index (χ3v) is 16.8. The third-order valence-electron chi connectivity index (χ3n) is 16.8. The molecule has 0 fully saturated rings. The van der Waals surface area contributed by atoms with Crippen LogP contribution in [0.3, 0.4) is 0 Å². The molecule has 0 aromatic carbocycles. The minimum absolute atomic E-state index is 0.118. The van der Waals surface area contributed by atoms with Crippen LogP contribution >= 0.6 is 0 Å². The molecular weight excluding hydrogens is 903 g/mol. The second-order valence-electron chi connectivity index (χ2n) is 24.5. The number of ketones is 1. The van der Waals surface area contributed by atoms with Gasteiger partial charge < -0.3 is 10.4 Å². The lowest BCUT2D eigenvalue weighted by atomic mass is 10.0. The Balaban J connectivity index is 3.22. The predicted octanol–water partition coefficient (Wildman–Crippen LogP) is 24.0. The number of aliphatic hydroxyl groups is 1. The van der Waals surface area contributed by atoms with E-state index in [4.69, 9.17) is 0 Å². The Morgan fingerprint density at radius 1 is 0.257 bits per heavy atom. The normalized spacial score (nSPS) is 12.0. The number of carbonyl (C=O) groups excluding carboxylic acids is 2. The van der Waals surface area contributed by atoms with Crippen molar-refractivity contribution in [1.29, 1.82) is 0 Å². The molecule has 0 aromatic heterocycles. The van der Waals surface area contributed by atoms with Crippen molar-refractivity contribution in [3.05, 3.63) is 0 Å². The molecule has 0 radical (unpaired) electrons. The Hall–Kier alpha value is -0.900. The highest BCUT2D eigenvalue weighted by Crippen LogP contribution is 2.20. The molecule has 0 unspecified atom stereocenters. The van der Waals surface area contributed by atoms with E-state index in [0.29, 0.717) is 18.7 Å². The average Bonchev–Trinajstić information content (AvgIpc) is 3.40. The van der Waals surface area contributed by atoms with Crippen LogP contribution in [0.2, 0.25) is 0 Å². The second kappa shape index (κ2) is 66.4. The molecule has 0 heterocycles. The van der Waals surface area contributed by atoms with E-state index >= 15 is 0 Å². The molecule has 0 saturated heterocycles. The van der Waals surface area contributed by atoms with Crippen molar-refractivity contribution in [2.75, 3.05) is 6.54 Å². The molecule has 1 atom stereocenters. The highest BCUT2D eigenvalue weighted by molar-refractivity contribution is 5.78. The molecule has 2 N–H and O–H groups in total. The number of nitrogens with one attached hydrogen (secondary N) is 1. The average molecular weight is 1040 g/mol. The van der Waals surface area contributed by atoms with Crippen LogP contribution < -0.4 is 5.32 Å². The van der Waals surface area contributed by atoms with Gasteiger partial charge in [-0.15, -0.1) is 0 Å². The molecule has 0 bridgehead atoms. The Morgan fingerprint density at radius 3 is 0.649 bits per heavy atom. The van der Waals surface area contributed by atoms with Crippen molar-refractivity contribution >= 4 is 11.7 Å². The highest BCUT2D eigenvalue weighted by Gasteiger charge is 2.08. The van der Waals surface area contributed by atoms with Crippen LogP contribution in [0.15, 0.2) is 0 Å². The lowest BCUT2D eigenvalue weighted by Crippen LogP contribution is -2.31. The first-order valence-corrected chi connectivity index (χ1v) is 35.1. The quantitative estimate of drug-likeness (QED) is 0.0597. The lowest BCUT2D eigenvalue weighted by molar-refractivity contribution is -0.121. The number of aliphatic hydroxyl groups excluding tert-OH is 1. The van der Waals surface area contributed by atoms with E-state index in [1.807, 2.05) is 0 Å². The van der Waals surface area contributed by atoms with Crippen molar-refractivity contribution in [2.24, 2.45) is 0 Å². The molecule has 0 saturated carbocycles. The molecule has 4 heteroatoms. The monoisotopic (exact) mass is 1040 g/mol. The topological polar surface area (TPSA) is 66.4 Å². The van der Waals surface area contributed by atoms with Crippen molar-refractivity contribution < 1.29 is 14.7 Å². The number of rotatable bonds is 67. The van der Waals surface area contributed by atoms with Crippen LogP contribution in [0.5, 0.6) is 0 Å². The number of carbonyl (C=O) groups is 2. The fourth-order valence-electron chi connectivity index (χ4n) is 11.5. The first kappa shape index (κ1) is 73.1. The fourth-order valence-corrected chi connectivity index (χ4v) is 11.5. The SMILES string of the molecule is CCCCCCCCCCCCCCCCCCCC(=O)CCCCCCCCCCCCCCCCCCCCCCCCCCCCCC(=O)NC[C@@H](O)CCCCCCCCCCCCCCCCCC. The molecule has 4 nitrogen and oxygen atoms in total. The molecule has 0 aliphatic carbocycles. The Morgan fingerprint density at radius 2 is 0.432 bits per heavy atom. The largest absolute Gasteiger partial charge is 0.391 e. The molecule has 442 valence electrons. The molecule has 74 heavy (non-hydrogen) atoms. The summed E-state index contributed by atoms with van der Waals surface area (Å²) in [6.45, 7) is 5.01. The minimum atomic E-state index is -0.391. The van der Waals surface area contributed by atoms with Crippen LogP contribution in [0.4, 0.5) is 0 Å². The first-order chi connectivity index (χ1) is 36.6. The molecule has 0 aromatic rings. The summed E-state index contributed by atoms with van der Waals surface area (Å²) in [5.74, 6) is 0.644. The second-order valence-corrected chi connectivity index (χ2v) is 24.5. The van der Waals surface area contributed by atoms with Crippen LogP contribution in [-0.4, -0.2) is 29.4 Å². The Labute approximate surface area is 467 Å². The summed E-state index contributed by atoms with van der Waals surface area (Å²) in [5, 5.41) is 13.3. The zero-order valence-electron chi connectivity index (χ0n) is 51.3. The smallest absolute Gasteiger partial charge is 0.220 e. The summed E-state index contributed by atoms with van der Waals surface area (Å²) in [7, 11) is 0. The maximum Gasteiger partial charge on any atom is 0.220 e. The highest BCUT2D eigenvalue weighted by atomic mass is 16.3. The molecule has 0 rings (SSSR count). The van der Waals surface area contributed by atoms with Crippen LogP contribution in [0.25, 0.3) is 0 Å². The van der Waals surface area contributed by atoms with Gasteiger partial charge in [0.2, 0.25) is 5.91 Å². The van der Waals surface area contributed by atoms with Gasteiger partial charge in [-0.2, -0.15) is 0 Å². The van der Waals surface area contributed by atoms with E-state index in [1.165, 1.54) is 353 Å². The summed E-state index contributed by atoms with van der Waals surface area (Å²) >= 11 is 0. The van der Waals surface area contributed by atoms with E-state index in [-0.39, 0.29) is 5.91 Å². The maximum atomic E-state index is 12.3. The first-order valence-electron chi connectivity index (χ1n) is 35.1. The summed E-state index contributed by atoms with van der Waals surface area (Å²) in [6.07, 6.45) is 85.1. The number of amides is 1. The van der Waals surface area contributed by atoms with Gasteiger partial charge in [0.15, 0.2) is 0 Å². The van der Waals surface area contributed by atoms with E-state index in [9.17, 15) is 14.7 Å². The number of Topliss-reactive ketones (excluding diaryl/α,β-unsaturated/α-hetero) is 1. The predicted molar refractivity (Wildman–Crippen MR) is 331 cm³/mol.